The van der Waals surface area contributed by atoms with Gasteiger partial charge in [0.15, 0.2) is 0 Å². The summed E-state index contributed by atoms with van der Waals surface area (Å²) in [6, 6.07) is -0.383. The third-order valence-electron chi connectivity index (χ3n) is 3.32. The molecular formula is C14H26N2O3. The quantitative estimate of drug-likeness (QED) is 0.741. The van der Waals surface area contributed by atoms with Gasteiger partial charge in [-0.05, 0) is 47.5 Å². The number of ether oxygens (including phenoxy) is 1. The van der Waals surface area contributed by atoms with Crippen molar-refractivity contribution in [3.05, 3.63) is 0 Å². The molecule has 2 amide bonds. The smallest absolute Gasteiger partial charge is 0.248 e. The minimum atomic E-state index is -0.794. The van der Waals surface area contributed by atoms with E-state index in [0.717, 1.165) is 12.8 Å². The second kappa shape index (κ2) is 6.37. The van der Waals surface area contributed by atoms with E-state index in [0.29, 0.717) is 13.2 Å². The molecule has 19 heavy (non-hydrogen) atoms. The normalized spacial score (nSPS) is 22.8. The van der Waals surface area contributed by atoms with Crippen LogP contribution in [-0.2, 0) is 14.3 Å². The van der Waals surface area contributed by atoms with Crippen LogP contribution in [0.2, 0.25) is 0 Å². The molecule has 0 radical (unpaired) electrons. The summed E-state index contributed by atoms with van der Waals surface area (Å²) in [6.07, 6.45) is 1.99. The van der Waals surface area contributed by atoms with Gasteiger partial charge in [-0.25, -0.2) is 0 Å². The van der Waals surface area contributed by atoms with Gasteiger partial charge in [-0.2, -0.15) is 0 Å². The minimum Gasteiger partial charge on any atom is -0.379 e. The number of piperazine rings is 1. The zero-order valence-electron chi connectivity index (χ0n) is 12.7. The summed E-state index contributed by atoms with van der Waals surface area (Å²) >= 11 is 0. The molecule has 0 aromatic heterocycles. The Bertz CT molecular complexity index is 340. The summed E-state index contributed by atoms with van der Waals surface area (Å²) < 4.78 is 5.46. The molecule has 5 nitrogen and oxygen atoms in total. The van der Waals surface area contributed by atoms with E-state index in [9.17, 15) is 9.59 Å². The van der Waals surface area contributed by atoms with Crippen LogP contribution in [-0.4, -0.2) is 47.6 Å². The standard InChI is InChI=1S/C14H26N2O3/c1-10(2)19-9-7-6-8-16-11(3)12(17)15-14(4,5)13(16)18/h10-11H,6-9H2,1-5H3,(H,15,17). The van der Waals surface area contributed by atoms with Crippen LogP contribution < -0.4 is 5.32 Å². The first kappa shape index (κ1) is 16.0. The number of nitrogens with zero attached hydrogens (tertiary/aromatic N) is 1. The molecule has 1 rings (SSSR count). The van der Waals surface area contributed by atoms with Gasteiger partial charge in [0.2, 0.25) is 11.8 Å². The highest BCUT2D eigenvalue weighted by Crippen LogP contribution is 2.18. The lowest BCUT2D eigenvalue weighted by molar-refractivity contribution is -0.152. The average molecular weight is 270 g/mol. The molecule has 5 heteroatoms. The molecule has 1 saturated heterocycles. The summed E-state index contributed by atoms with van der Waals surface area (Å²) in [6.45, 7) is 10.6. The number of hydrogen-bond donors (Lipinski definition) is 1. The van der Waals surface area contributed by atoms with Crippen LogP contribution in [0, 0.1) is 0 Å². The number of unbranched alkanes of at least 4 members (excludes halogenated alkanes) is 1. The van der Waals surface area contributed by atoms with E-state index in [-0.39, 0.29) is 24.0 Å². The Labute approximate surface area is 115 Å². The Morgan fingerprint density at radius 3 is 2.53 bits per heavy atom. The van der Waals surface area contributed by atoms with Crippen LogP contribution in [0.4, 0.5) is 0 Å². The maximum Gasteiger partial charge on any atom is 0.248 e. The van der Waals surface area contributed by atoms with E-state index < -0.39 is 5.54 Å². The molecule has 0 bridgehead atoms. The summed E-state index contributed by atoms with van der Waals surface area (Å²) in [5.74, 6) is -0.0904. The lowest BCUT2D eigenvalue weighted by Gasteiger charge is -2.41. The molecule has 1 fully saturated rings. The van der Waals surface area contributed by atoms with Crippen molar-refractivity contribution in [3.8, 4) is 0 Å². The van der Waals surface area contributed by atoms with Crippen LogP contribution in [0.15, 0.2) is 0 Å². The largest absolute Gasteiger partial charge is 0.379 e. The van der Waals surface area contributed by atoms with Gasteiger partial charge in [0.05, 0.1) is 6.10 Å². The van der Waals surface area contributed by atoms with E-state index in [1.165, 1.54) is 0 Å². The SMILES string of the molecule is CC(C)OCCCCN1C(=O)C(C)(C)NC(=O)C1C. The Hall–Kier alpha value is -1.10. The van der Waals surface area contributed by atoms with Crippen LogP contribution >= 0.6 is 0 Å². The number of carbonyl (C=O) groups is 2. The monoisotopic (exact) mass is 270 g/mol. The van der Waals surface area contributed by atoms with Crippen molar-refractivity contribution >= 4 is 11.8 Å². The second-order valence-corrected chi connectivity index (χ2v) is 5.92. The minimum absolute atomic E-state index is 0.00984. The van der Waals surface area contributed by atoms with Crippen molar-refractivity contribution in [1.29, 1.82) is 0 Å². The van der Waals surface area contributed by atoms with Crippen molar-refractivity contribution in [1.82, 2.24) is 10.2 Å². The van der Waals surface area contributed by atoms with Gasteiger partial charge in [-0.15, -0.1) is 0 Å². The van der Waals surface area contributed by atoms with Crippen LogP contribution in [0.1, 0.15) is 47.5 Å². The number of rotatable bonds is 6. The maximum atomic E-state index is 12.3. The third kappa shape index (κ3) is 4.20. The predicted molar refractivity (Wildman–Crippen MR) is 73.7 cm³/mol. The molecule has 0 aromatic carbocycles. The second-order valence-electron chi connectivity index (χ2n) is 5.92. The van der Waals surface area contributed by atoms with E-state index >= 15 is 0 Å². The molecule has 0 aliphatic carbocycles. The van der Waals surface area contributed by atoms with E-state index in [4.69, 9.17) is 4.74 Å². The van der Waals surface area contributed by atoms with Crippen molar-refractivity contribution in [2.24, 2.45) is 0 Å². The molecule has 0 saturated carbocycles. The van der Waals surface area contributed by atoms with E-state index in [1.54, 1.807) is 25.7 Å². The van der Waals surface area contributed by atoms with Gasteiger partial charge >= 0.3 is 0 Å². The number of nitrogens with one attached hydrogen (secondary N) is 1. The number of hydrogen-bond acceptors (Lipinski definition) is 3. The maximum absolute atomic E-state index is 12.3. The Morgan fingerprint density at radius 1 is 1.32 bits per heavy atom. The zero-order valence-corrected chi connectivity index (χ0v) is 12.7. The first-order valence-electron chi connectivity index (χ1n) is 7.00. The van der Waals surface area contributed by atoms with Gasteiger partial charge < -0.3 is 15.0 Å². The molecule has 0 aromatic rings. The predicted octanol–water partition coefficient (Wildman–Crippen LogP) is 1.32. The fourth-order valence-electron chi connectivity index (χ4n) is 2.14. The highest BCUT2D eigenvalue weighted by Gasteiger charge is 2.42. The molecule has 1 atom stereocenters. The average Bonchev–Trinajstić information content (AvgIpc) is 2.29. The number of amides is 2. The van der Waals surface area contributed by atoms with Crippen molar-refractivity contribution < 1.29 is 14.3 Å². The van der Waals surface area contributed by atoms with Gasteiger partial charge in [-0.1, -0.05) is 0 Å². The fourth-order valence-corrected chi connectivity index (χ4v) is 2.14. The Morgan fingerprint density at radius 2 is 1.95 bits per heavy atom. The molecule has 0 spiro atoms. The van der Waals surface area contributed by atoms with E-state index in [1.807, 2.05) is 13.8 Å². The molecular weight excluding hydrogens is 244 g/mol. The summed E-state index contributed by atoms with van der Waals surface area (Å²) in [7, 11) is 0. The van der Waals surface area contributed by atoms with Gasteiger partial charge in [0.1, 0.15) is 11.6 Å². The van der Waals surface area contributed by atoms with E-state index in [2.05, 4.69) is 5.32 Å². The molecule has 1 unspecified atom stereocenters. The summed E-state index contributed by atoms with van der Waals surface area (Å²) in [5.41, 5.74) is -0.794. The Kier molecular flexibility index (Phi) is 5.35. The molecule has 1 aliphatic rings. The molecule has 1 N–H and O–H groups in total. The fraction of sp³-hybridized carbons (Fsp3) is 0.857. The van der Waals surface area contributed by atoms with Gasteiger partial charge in [0.25, 0.3) is 0 Å². The number of carbonyl (C=O) groups excluding carboxylic acids is 2. The van der Waals surface area contributed by atoms with Crippen LogP contribution in [0.3, 0.4) is 0 Å². The lowest BCUT2D eigenvalue weighted by Crippen LogP contribution is -2.67. The highest BCUT2D eigenvalue weighted by atomic mass is 16.5. The summed E-state index contributed by atoms with van der Waals surface area (Å²) in [4.78, 5) is 25.7. The highest BCUT2D eigenvalue weighted by molar-refractivity contribution is 5.99. The first-order chi connectivity index (χ1) is 8.75. The molecule has 1 aliphatic heterocycles. The Balaban J connectivity index is 2.46. The topological polar surface area (TPSA) is 58.6 Å². The van der Waals surface area contributed by atoms with Gasteiger partial charge in [0, 0.05) is 13.2 Å². The van der Waals surface area contributed by atoms with Gasteiger partial charge in [-0.3, -0.25) is 9.59 Å². The third-order valence-corrected chi connectivity index (χ3v) is 3.32. The first-order valence-corrected chi connectivity index (χ1v) is 7.00. The van der Waals surface area contributed by atoms with Crippen molar-refractivity contribution in [3.63, 3.8) is 0 Å². The zero-order chi connectivity index (χ0) is 14.6. The van der Waals surface area contributed by atoms with Crippen LogP contribution in [0.5, 0.6) is 0 Å². The molecule has 1 heterocycles. The lowest BCUT2D eigenvalue weighted by atomic mass is 9.97. The molecule has 110 valence electrons. The van der Waals surface area contributed by atoms with Crippen LogP contribution in [0.25, 0.3) is 0 Å². The van der Waals surface area contributed by atoms with Crippen molar-refractivity contribution in [2.45, 2.75) is 65.1 Å². The van der Waals surface area contributed by atoms with Crippen molar-refractivity contribution in [2.75, 3.05) is 13.2 Å². The summed E-state index contributed by atoms with van der Waals surface area (Å²) in [5, 5.41) is 2.75.